The molecule has 3 heterocycles. The van der Waals surface area contributed by atoms with Crippen LogP contribution in [0.1, 0.15) is 28.9 Å². The number of thiazole rings is 1. The van der Waals surface area contributed by atoms with Crippen molar-refractivity contribution in [2.45, 2.75) is 36.4 Å². The summed E-state index contributed by atoms with van der Waals surface area (Å²) in [6, 6.07) is 7.23. The maximum Gasteiger partial charge on any atom is 0.191 e. The normalized spacial score (nSPS) is 17.6. The van der Waals surface area contributed by atoms with E-state index in [1.807, 2.05) is 22.1 Å². The number of hydrogen-bond donors (Lipinski definition) is 0. The van der Waals surface area contributed by atoms with Crippen molar-refractivity contribution in [2.24, 2.45) is 0 Å². The number of halogens is 1. The second-order valence-electron chi connectivity index (χ2n) is 7.10. The van der Waals surface area contributed by atoms with Gasteiger partial charge >= 0.3 is 0 Å². The van der Waals surface area contributed by atoms with Crippen LogP contribution < -0.4 is 4.74 Å². The fourth-order valence-corrected chi connectivity index (χ4v) is 6.83. The molecule has 1 aliphatic heterocycles. The van der Waals surface area contributed by atoms with E-state index >= 15 is 0 Å². The van der Waals surface area contributed by atoms with E-state index in [0.29, 0.717) is 30.3 Å². The van der Waals surface area contributed by atoms with E-state index in [-0.39, 0.29) is 17.4 Å². The lowest BCUT2D eigenvalue weighted by molar-refractivity contribution is 0.305. The van der Waals surface area contributed by atoms with Gasteiger partial charge < -0.3 is 9.30 Å². The number of sulfone groups is 1. The molecule has 2 aromatic heterocycles. The highest BCUT2D eigenvalue weighted by molar-refractivity contribution is 7.98. The Labute approximate surface area is 194 Å². The van der Waals surface area contributed by atoms with Gasteiger partial charge in [0, 0.05) is 28.6 Å². The van der Waals surface area contributed by atoms with Crippen molar-refractivity contribution < 1.29 is 13.2 Å². The standard InChI is InChI=1S/C20H21ClN4O3S3/c1-2-8-25-19(14-7-9-31(26,27)13-14)23-24-20(25)30-12-16-11-29-18(22-16)10-28-17-5-3-15(21)4-6-17/h2-6,11,14H,1,7-10,12-13H2. The van der Waals surface area contributed by atoms with Crippen molar-refractivity contribution in [2.75, 3.05) is 11.5 Å². The lowest BCUT2D eigenvalue weighted by Crippen LogP contribution is -2.11. The Hall–Kier alpha value is -1.88. The molecule has 164 valence electrons. The zero-order chi connectivity index (χ0) is 21.8. The molecule has 7 nitrogen and oxygen atoms in total. The second-order valence-corrected chi connectivity index (χ2v) is 11.7. The molecule has 0 saturated carbocycles. The number of rotatable bonds is 9. The third kappa shape index (κ3) is 5.68. The third-order valence-corrected chi connectivity index (χ3v) is 8.67. The number of aromatic nitrogens is 4. The van der Waals surface area contributed by atoms with Crippen molar-refractivity contribution in [1.29, 1.82) is 0 Å². The Balaban J connectivity index is 1.38. The van der Waals surface area contributed by atoms with Gasteiger partial charge in [-0.1, -0.05) is 29.4 Å². The second kappa shape index (κ2) is 9.72. The van der Waals surface area contributed by atoms with Crippen molar-refractivity contribution in [1.82, 2.24) is 19.7 Å². The molecule has 0 spiro atoms. The highest BCUT2D eigenvalue weighted by Crippen LogP contribution is 2.31. The van der Waals surface area contributed by atoms with Crippen LogP contribution in [-0.4, -0.2) is 39.7 Å². The average molecular weight is 497 g/mol. The number of nitrogens with zero attached hydrogens (tertiary/aromatic N) is 4. The SMILES string of the molecule is C=CCn1c(SCc2csc(COc3ccc(Cl)cc3)n2)nnc1C1CCS(=O)(=O)C1. The van der Waals surface area contributed by atoms with E-state index in [1.165, 1.54) is 11.8 Å². The Morgan fingerprint density at radius 2 is 2.13 bits per heavy atom. The third-order valence-electron chi connectivity index (χ3n) is 4.78. The van der Waals surface area contributed by atoms with Gasteiger partial charge in [-0.25, -0.2) is 13.4 Å². The van der Waals surface area contributed by atoms with Crippen molar-refractivity contribution in [3.8, 4) is 5.75 Å². The van der Waals surface area contributed by atoms with Gasteiger partial charge in [0.15, 0.2) is 15.0 Å². The first-order chi connectivity index (χ1) is 14.9. The lowest BCUT2D eigenvalue weighted by atomic mass is 10.1. The fraction of sp³-hybridized carbons (Fsp3) is 0.350. The van der Waals surface area contributed by atoms with E-state index in [9.17, 15) is 8.42 Å². The fourth-order valence-electron chi connectivity index (χ4n) is 3.30. The van der Waals surface area contributed by atoms with Crippen LogP contribution in [0.25, 0.3) is 0 Å². The Morgan fingerprint density at radius 1 is 1.32 bits per heavy atom. The van der Waals surface area contributed by atoms with Crippen molar-refractivity contribution >= 4 is 44.5 Å². The molecule has 1 saturated heterocycles. The first-order valence-electron chi connectivity index (χ1n) is 9.62. The summed E-state index contributed by atoms with van der Waals surface area (Å²) < 4.78 is 31.4. The van der Waals surface area contributed by atoms with Gasteiger partial charge in [-0.3, -0.25) is 0 Å². The van der Waals surface area contributed by atoms with E-state index in [4.69, 9.17) is 16.3 Å². The minimum atomic E-state index is -2.99. The number of allylic oxidation sites excluding steroid dienone is 1. The zero-order valence-corrected chi connectivity index (χ0v) is 19.8. The molecule has 0 radical (unpaired) electrons. The predicted octanol–water partition coefficient (Wildman–Crippen LogP) is 4.35. The smallest absolute Gasteiger partial charge is 0.191 e. The van der Waals surface area contributed by atoms with E-state index in [2.05, 4.69) is 21.8 Å². The maximum atomic E-state index is 11.9. The van der Waals surface area contributed by atoms with Crippen LogP contribution in [0.5, 0.6) is 5.75 Å². The highest BCUT2D eigenvalue weighted by Gasteiger charge is 2.33. The van der Waals surface area contributed by atoms with Gasteiger partial charge in [-0.05, 0) is 30.7 Å². The summed E-state index contributed by atoms with van der Waals surface area (Å²) in [4.78, 5) is 4.63. The Kier molecular flexibility index (Phi) is 7.00. The van der Waals surface area contributed by atoms with Crippen LogP contribution >= 0.6 is 34.7 Å². The summed E-state index contributed by atoms with van der Waals surface area (Å²) >= 11 is 8.96. The summed E-state index contributed by atoms with van der Waals surface area (Å²) in [6.07, 6.45) is 2.36. The molecule has 1 unspecified atom stereocenters. The Morgan fingerprint density at radius 3 is 2.84 bits per heavy atom. The summed E-state index contributed by atoms with van der Waals surface area (Å²) in [7, 11) is -2.99. The average Bonchev–Trinajstić information content (AvgIpc) is 3.45. The summed E-state index contributed by atoms with van der Waals surface area (Å²) in [5, 5.41) is 12.9. The molecule has 1 atom stereocenters. The number of thioether (sulfide) groups is 1. The molecular weight excluding hydrogens is 476 g/mol. The van der Waals surface area contributed by atoms with Crippen LogP contribution in [-0.2, 0) is 28.7 Å². The molecular formula is C20H21ClN4O3S3. The minimum absolute atomic E-state index is 0.109. The molecule has 11 heteroatoms. The van der Waals surface area contributed by atoms with E-state index in [0.717, 1.165) is 27.4 Å². The molecule has 0 aliphatic carbocycles. The topological polar surface area (TPSA) is 87.0 Å². The van der Waals surface area contributed by atoms with Crippen LogP contribution in [0.3, 0.4) is 0 Å². The number of ether oxygens (including phenoxy) is 1. The van der Waals surface area contributed by atoms with Crippen LogP contribution in [0.4, 0.5) is 0 Å². The van der Waals surface area contributed by atoms with Gasteiger partial charge in [-0.2, -0.15) is 0 Å². The van der Waals surface area contributed by atoms with Gasteiger partial charge in [0.25, 0.3) is 0 Å². The van der Waals surface area contributed by atoms with E-state index < -0.39 is 9.84 Å². The molecule has 0 amide bonds. The van der Waals surface area contributed by atoms with Gasteiger partial charge in [0.05, 0.1) is 17.2 Å². The summed E-state index contributed by atoms with van der Waals surface area (Å²) in [5.74, 6) is 2.34. The minimum Gasteiger partial charge on any atom is -0.486 e. The molecule has 0 N–H and O–H groups in total. The van der Waals surface area contributed by atoms with Gasteiger partial charge in [-0.15, -0.1) is 28.1 Å². The van der Waals surface area contributed by atoms with Crippen LogP contribution in [0, 0.1) is 0 Å². The molecule has 31 heavy (non-hydrogen) atoms. The first kappa shape index (κ1) is 22.3. The molecule has 1 aliphatic rings. The Bertz CT molecular complexity index is 1160. The summed E-state index contributed by atoms with van der Waals surface area (Å²) in [6.45, 7) is 4.74. The maximum absolute atomic E-state index is 11.9. The van der Waals surface area contributed by atoms with Crippen molar-refractivity contribution in [3.63, 3.8) is 0 Å². The van der Waals surface area contributed by atoms with Gasteiger partial charge in [0.2, 0.25) is 0 Å². The molecule has 3 aromatic rings. The quantitative estimate of drug-likeness (QED) is 0.321. The monoisotopic (exact) mass is 496 g/mol. The van der Waals surface area contributed by atoms with Crippen molar-refractivity contribution in [3.05, 3.63) is 63.8 Å². The van der Waals surface area contributed by atoms with E-state index in [1.54, 1.807) is 29.5 Å². The summed E-state index contributed by atoms with van der Waals surface area (Å²) in [5.41, 5.74) is 0.933. The first-order valence-corrected chi connectivity index (χ1v) is 13.7. The molecule has 1 fully saturated rings. The zero-order valence-electron chi connectivity index (χ0n) is 16.6. The molecule has 1 aromatic carbocycles. The van der Waals surface area contributed by atoms with Crippen LogP contribution in [0.2, 0.25) is 5.02 Å². The number of benzene rings is 1. The number of hydrogen-bond acceptors (Lipinski definition) is 8. The molecule has 4 rings (SSSR count). The lowest BCUT2D eigenvalue weighted by Gasteiger charge is -2.10. The van der Waals surface area contributed by atoms with Gasteiger partial charge in [0.1, 0.15) is 23.2 Å². The van der Waals surface area contributed by atoms with Crippen LogP contribution in [0.15, 0.2) is 47.5 Å². The largest absolute Gasteiger partial charge is 0.486 e. The predicted molar refractivity (Wildman–Crippen MR) is 124 cm³/mol. The molecule has 0 bridgehead atoms. The highest BCUT2D eigenvalue weighted by atomic mass is 35.5.